The fourth-order valence-electron chi connectivity index (χ4n) is 1.87. The normalized spacial score (nSPS) is 11.0. The van der Waals surface area contributed by atoms with Gasteiger partial charge in [-0.2, -0.15) is 5.10 Å². The molecule has 1 aromatic heterocycles. The third kappa shape index (κ3) is 4.82. The first-order chi connectivity index (χ1) is 11.3. The minimum Gasteiger partial charge on any atom is -0.253 e. The van der Waals surface area contributed by atoms with Crippen LogP contribution >= 0.6 is 34.7 Å². The fraction of sp³-hybridized carbons (Fsp3) is 0.0588. The van der Waals surface area contributed by atoms with Crippen LogP contribution in [0.4, 0.5) is 5.13 Å². The molecule has 116 valence electrons. The summed E-state index contributed by atoms with van der Waals surface area (Å²) >= 11 is 9.16. The zero-order valence-electron chi connectivity index (χ0n) is 12.1. The van der Waals surface area contributed by atoms with Gasteiger partial charge in [-0.05, 0) is 24.3 Å². The molecular weight excluding hydrogens is 346 g/mol. The van der Waals surface area contributed by atoms with E-state index in [9.17, 15) is 0 Å². The van der Waals surface area contributed by atoms with Crippen LogP contribution in [0.25, 0.3) is 11.3 Å². The third-order valence-electron chi connectivity index (χ3n) is 2.96. The standard InChI is InChI=1S/C17H14ClN3S2/c18-14-8-6-13(7-9-14)16-12-23-17(20-16)21-19-10-11-22-15-4-2-1-3-5-15/h1-10,12H,11H2,(H,20,21)/b19-10+. The molecule has 23 heavy (non-hydrogen) atoms. The van der Waals surface area contributed by atoms with E-state index in [0.717, 1.165) is 27.2 Å². The smallest absolute Gasteiger partial charge is 0.203 e. The molecule has 0 saturated carbocycles. The van der Waals surface area contributed by atoms with Crippen molar-refractivity contribution in [2.75, 3.05) is 11.2 Å². The highest BCUT2D eigenvalue weighted by Crippen LogP contribution is 2.25. The van der Waals surface area contributed by atoms with Crippen molar-refractivity contribution < 1.29 is 0 Å². The average molecular weight is 360 g/mol. The van der Waals surface area contributed by atoms with E-state index in [2.05, 4.69) is 27.6 Å². The third-order valence-corrected chi connectivity index (χ3v) is 4.88. The maximum absolute atomic E-state index is 5.90. The summed E-state index contributed by atoms with van der Waals surface area (Å²) in [5, 5.41) is 7.71. The van der Waals surface area contributed by atoms with Crippen LogP contribution in [0.5, 0.6) is 0 Å². The molecule has 0 saturated heterocycles. The van der Waals surface area contributed by atoms with E-state index in [1.807, 2.05) is 54.1 Å². The molecule has 3 aromatic rings. The highest BCUT2D eigenvalue weighted by Gasteiger charge is 2.03. The topological polar surface area (TPSA) is 37.3 Å². The maximum Gasteiger partial charge on any atom is 0.203 e. The lowest BCUT2D eigenvalue weighted by Gasteiger charge is -1.97. The summed E-state index contributed by atoms with van der Waals surface area (Å²) in [5.41, 5.74) is 4.93. The van der Waals surface area contributed by atoms with Crippen LogP contribution in [0.15, 0.2) is 70.0 Å². The molecule has 0 amide bonds. The molecule has 2 aromatic carbocycles. The van der Waals surface area contributed by atoms with Gasteiger partial charge in [-0.25, -0.2) is 4.98 Å². The molecule has 0 aliphatic heterocycles. The Hall–Kier alpha value is -1.82. The van der Waals surface area contributed by atoms with E-state index in [1.165, 1.54) is 16.2 Å². The molecule has 0 atom stereocenters. The van der Waals surface area contributed by atoms with Crippen molar-refractivity contribution in [3.05, 3.63) is 65.0 Å². The van der Waals surface area contributed by atoms with Crippen molar-refractivity contribution in [3.8, 4) is 11.3 Å². The molecule has 3 rings (SSSR count). The fourth-order valence-corrected chi connectivity index (χ4v) is 3.35. The van der Waals surface area contributed by atoms with Gasteiger partial charge in [-0.1, -0.05) is 41.9 Å². The summed E-state index contributed by atoms with van der Waals surface area (Å²) in [7, 11) is 0. The van der Waals surface area contributed by atoms with Crippen molar-refractivity contribution in [1.29, 1.82) is 0 Å². The Balaban J connectivity index is 1.51. The number of aromatic nitrogens is 1. The van der Waals surface area contributed by atoms with Crippen molar-refractivity contribution >= 4 is 46.0 Å². The number of hydrogen-bond acceptors (Lipinski definition) is 5. The van der Waals surface area contributed by atoms with Crippen LogP contribution in [-0.4, -0.2) is 17.0 Å². The van der Waals surface area contributed by atoms with Gasteiger partial charge in [-0.15, -0.1) is 23.1 Å². The van der Waals surface area contributed by atoms with Crippen LogP contribution in [-0.2, 0) is 0 Å². The molecule has 0 aliphatic rings. The Kier molecular flexibility index (Phi) is 5.69. The van der Waals surface area contributed by atoms with E-state index in [4.69, 9.17) is 11.6 Å². The summed E-state index contributed by atoms with van der Waals surface area (Å²) in [4.78, 5) is 5.74. The molecule has 0 fully saturated rings. The lowest BCUT2D eigenvalue weighted by molar-refractivity contribution is 1.29. The van der Waals surface area contributed by atoms with Gasteiger partial charge in [0.1, 0.15) is 0 Å². The molecule has 0 spiro atoms. The average Bonchev–Trinajstić information content (AvgIpc) is 3.05. The van der Waals surface area contributed by atoms with Gasteiger partial charge in [0.2, 0.25) is 5.13 Å². The molecule has 1 N–H and O–H groups in total. The van der Waals surface area contributed by atoms with Gasteiger partial charge in [0.25, 0.3) is 0 Å². The Labute approximate surface area is 148 Å². The zero-order valence-corrected chi connectivity index (χ0v) is 14.5. The second-order valence-electron chi connectivity index (χ2n) is 4.59. The van der Waals surface area contributed by atoms with Crippen LogP contribution in [0.3, 0.4) is 0 Å². The second kappa shape index (κ2) is 8.15. The van der Waals surface area contributed by atoms with Crippen LogP contribution in [0, 0.1) is 0 Å². The van der Waals surface area contributed by atoms with Crippen molar-refractivity contribution in [2.24, 2.45) is 5.10 Å². The highest BCUT2D eigenvalue weighted by atomic mass is 35.5. The first-order valence-corrected chi connectivity index (χ1v) is 9.22. The van der Waals surface area contributed by atoms with Crippen molar-refractivity contribution in [3.63, 3.8) is 0 Å². The minimum atomic E-state index is 0.725. The molecule has 6 heteroatoms. The van der Waals surface area contributed by atoms with Crippen molar-refractivity contribution in [1.82, 2.24) is 4.98 Å². The summed E-state index contributed by atoms with van der Waals surface area (Å²) in [6.45, 7) is 0. The second-order valence-corrected chi connectivity index (χ2v) is 6.98. The number of halogens is 1. The number of rotatable bonds is 6. The predicted molar refractivity (Wildman–Crippen MR) is 102 cm³/mol. The van der Waals surface area contributed by atoms with Crippen LogP contribution < -0.4 is 5.43 Å². The van der Waals surface area contributed by atoms with Gasteiger partial charge in [0.15, 0.2) is 0 Å². The van der Waals surface area contributed by atoms with Crippen LogP contribution in [0.1, 0.15) is 0 Å². The molecular formula is C17H14ClN3S2. The number of nitrogens with zero attached hydrogens (tertiary/aromatic N) is 2. The van der Waals surface area contributed by atoms with Crippen molar-refractivity contribution in [2.45, 2.75) is 4.90 Å². The van der Waals surface area contributed by atoms with E-state index in [0.29, 0.717) is 0 Å². The quantitative estimate of drug-likeness (QED) is 0.351. The van der Waals surface area contributed by atoms with Crippen LogP contribution in [0.2, 0.25) is 5.02 Å². The number of anilines is 1. The number of hydrazone groups is 1. The Morgan fingerprint density at radius 2 is 1.91 bits per heavy atom. The number of thiazole rings is 1. The monoisotopic (exact) mass is 359 g/mol. The first-order valence-electron chi connectivity index (χ1n) is 6.98. The minimum absolute atomic E-state index is 0.725. The zero-order chi connectivity index (χ0) is 15.9. The van der Waals surface area contributed by atoms with Gasteiger partial charge >= 0.3 is 0 Å². The molecule has 0 bridgehead atoms. The predicted octanol–water partition coefficient (Wildman–Crippen LogP) is 5.65. The van der Waals surface area contributed by atoms with Gasteiger partial charge < -0.3 is 0 Å². The number of thioether (sulfide) groups is 1. The van der Waals surface area contributed by atoms with Gasteiger partial charge in [-0.3, -0.25) is 5.43 Å². The Bertz CT molecular complexity index is 770. The van der Waals surface area contributed by atoms with E-state index in [1.54, 1.807) is 11.8 Å². The first kappa shape index (κ1) is 16.1. The maximum atomic E-state index is 5.90. The summed E-state index contributed by atoms with van der Waals surface area (Å²) in [6, 6.07) is 17.9. The summed E-state index contributed by atoms with van der Waals surface area (Å²) in [5.74, 6) is 0.812. The number of nitrogens with one attached hydrogen (secondary N) is 1. The van der Waals surface area contributed by atoms with E-state index < -0.39 is 0 Å². The lowest BCUT2D eigenvalue weighted by Crippen LogP contribution is -1.90. The Morgan fingerprint density at radius 3 is 2.70 bits per heavy atom. The highest BCUT2D eigenvalue weighted by molar-refractivity contribution is 7.99. The SMILES string of the molecule is Clc1ccc(-c2csc(N/N=C/CSc3ccccc3)n2)cc1. The number of hydrogen-bond donors (Lipinski definition) is 1. The van der Waals surface area contributed by atoms with E-state index in [-0.39, 0.29) is 0 Å². The molecule has 0 aliphatic carbocycles. The Morgan fingerprint density at radius 1 is 1.13 bits per heavy atom. The molecule has 1 heterocycles. The molecule has 3 nitrogen and oxygen atoms in total. The van der Waals surface area contributed by atoms with Gasteiger partial charge in [0, 0.05) is 32.8 Å². The summed E-state index contributed by atoms with van der Waals surface area (Å²) in [6.07, 6.45) is 1.85. The van der Waals surface area contributed by atoms with Gasteiger partial charge in [0.05, 0.1) is 5.69 Å². The molecule has 0 radical (unpaired) electrons. The largest absolute Gasteiger partial charge is 0.253 e. The number of benzene rings is 2. The summed E-state index contributed by atoms with van der Waals surface area (Å²) < 4.78 is 0. The lowest BCUT2D eigenvalue weighted by atomic mass is 10.2. The van der Waals surface area contributed by atoms with E-state index >= 15 is 0 Å². The molecule has 0 unspecified atom stereocenters.